The maximum absolute atomic E-state index is 12.0. The van der Waals surface area contributed by atoms with Crippen molar-refractivity contribution in [1.29, 1.82) is 0 Å². The number of hydrogen-bond donors (Lipinski definition) is 1. The van der Waals surface area contributed by atoms with E-state index in [0.29, 0.717) is 25.2 Å². The van der Waals surface area contributed by atoms with Gasteiger partial charge in [-0.2, -0.15) is 0 Å². The third-order valence-electron chi connectivity index (χ3n) is 2.71. The summed E-state index contributed by atoms with van der Waals surface area (Å²) in [6.07, 6.45) is 1.00. The van der Waals surface area contributed by atoms with Gasteiger partial charge in [0.2, 0.25) is 0 Å². The molecule has 0 spiro atoms. The maximum Gasteiger partial charge on any atom is 0.338 e. The van der Waals surface area contributed by atoms with Gasteiger partial charge in [0.15, 0.2) is 0 Å². The molecule has 0 saturated carbocycles. The van der Waals surface area contributed by atoms with Crippen molar-refractivity contribution < 1.29 is 14.6 Å². The average Bonchev–Trinajstić information content (AvgIpc) is 2.30. The molecule has 0 amide bonds. The molecular formula is C15H20I2O3. The van der Waals surface area contributed by atoms with Gasteiger partial charge in [-0.05, 0) is 75.1 Å². The maximum atomic E-state index is 12.0. The molecule has 0 aliphatic rings. The quantitative estimate of drug-likeness (QED) is 0.474. The zero-order valence-corrected chi connectivity index (χ0v) is 16.5. The molecule has 1 atom stereocenters. The third kappa shape index (κ3) is 5.75. The van der Waals surface area contributed by atoms with Crippen molar-refractivity contribution in [3.63, 3.8) is 0 Å². The van der Waals surface area contributed by atoms with E-state index in [9.17, 15) is 9.90 Å². The van der Waals surface area contributed by atoms with Gasteiger partial charge in [-0.1, -0.05) is 27.7 Å². The number of phenolic OH excluding ortho intramolecular Hbond substituents is 1. The fraction of sp³-hybridized carbons (Fsp3) is 0.533. The summed E-state index contributed by atoms with van der Waals surface area (Å²) < 4.78 is 6.67. The second kappa shape index (κ2) is 7.29. The van der Waals surface area contributed by atoms with Crippen LogP contribution in [-0.4, -0.2) is 17.7 Å². The number of benzene rings is 1. The number of carbonyl (C=O) groups excluding carboxylic acids is 1. The Kier molecular flexibility index (Phi) is 6.56. The van der Waals surface area contributed by atoms with E-state index in [0.717, 1.165) is 6.42 Å². The highest BCUT2D eigenvalue weighted by Gasteiger charge is 2.18. The number of ether oxygens (including phenoxy) is 1. The minimum absolute atomic E-state index is 0.212. The molecule has 0 heterocycles. The van der Waals surface area contributed by atoms with Gasteiger partial charge in [0.1, 0.15) is 5.75 Å². The van der Waals surface area contributed by atoms with Gasteiger partial charge in [0.05, 0.1) is 19.3 Å². The zero-order chi connectivity index (χ0) is 15.5. The van der Waals surface area contributed by atoms with Gasteiger partial charge in [0, 0.05) is 0 Å². The Hall–Kier alpha value is -0.0500. The molecule has 0 fully saturated rings. The second-order valence-corrected chi connectivity index (χ2v) is 8.58. The van der Waals surface area contributed by atoms with Crippen LogP contribution in [0.25, 0.3) is 0 Å². The number of esters is 1. The summed E-state index contributed by atoms with van der Waals surface area (Å²) >= 11 is 4.01. The fourth-order valence-corrected chi connectivity index (χ4v) is 3.86. The first-order valence-electron chi connectivity index (χ1n) is 6.45. The summed E-state index contributed by atoms with van der Waals surface area (Å²) in [4.78, 5) is 12.0. The van der Waals surface area contributed by atoms with Crippen LogP contribution < -0.4 is 0 Å². The van der Waals surface area contributed by atoms with Crippen LogP contribution in [0.2, 0.25) is 0 Å². The lowest BCUT2D eigenvalue weighted by Gasteiger charge is -2.22. The number of rotatable bonds is 4. The van der Waals surface area contributed by atoms with E-state index in [1.54, 1.807) is 12.1 Å². The van der Waals surface area contributed by atoms with Crippen molar-refractivity contribution in [3.8, 4) is 5.75 Å². The van der Waals surface area contributed by atoms with E-state index < -0.39 is 0 Å². The molecule has 1 aromatic rings. The second-order valence-electron chi connectivity index (χ2n) is 6.26. The van der Waals surface area contributed by atoms with Crippen LogP contribution in [-0.2, 0) is 4.74 Å². The highest BCUT2D eigenvalue weighted by molar-refractivity contribution is 14.1. The molecule has 112 valence electrons. The Morgan fingerprint density at radius 1 is 1.30 bits per heavy atom. The standard InChI is InChI=1S/C15H20I2O3/c1-9(7-15(2,3)4)8-20-14(19)10-5-11(16)13(18)12(17)6-10/h5-6,9,18H,7-8H2,1-4H3. The van der Waals surface area contributed by atoms with E-state index in [-0.39, 0.29) is 17.1 Å². The zero-order valence-electron chi connectivity index (χ0n) is 12.2. The SMILES string of the molecule is CC(COC(=O)c1cc(I)c(O)c(I)c1)CC(C)(C)C. The van der Waals surface area contributed by atoms with Gasteiger partial charge < -0.3 is 9.84 Å². The van der Waals surface area contributed by atoms with Crippen molar-refractivity contribution in [2.24, 2.45) is 11.3 Å². The lowest BCUT2D eigenvalue weighted by Crippen LogP contribution is -2.18. The molecule has 0 aliphatic heterocycles. The molecule has 20 heavy (non-hydrogen) atoms. The minimum Gasteiger partial charge on any atom is -0.506 e. The highest BCUT2D eigenvalue weighted by atomic mass is 127. The van der Waals surface area contributed by atoms with Crippen LogP contribution in [0, 0.1) is 18.5 Å². The number of hydrogen-bond acceptors (Lipinski definition) is 3. The van der Waals surface area contributed by atoms with Crippen molar-refractivity contribution in [2.45, 2.75) is 34.1 Å². The summed E-state index contributed by atoms with van der Waals surface area (Å²) in [7, 11) is 0. The molecule has 3 nitrogen and oxygen atoms in total. The number of phenols is 1. The molecule has 1 N–H and O–H groups in total. The van der Waals surface area contributed by atoms with Crippen LogP contribution in [0.3, 0.4) is 0 Å². The Morgan fingerprint density at radius 2 is 1.80 bits per heavy atom. The van der Waals surface area contributed by atoms with E-state index in [2.05, 4.69) is 27.7 Å². The first-order chi connectivity index (χ1) is 9.10. The summed E-state index contributed by atoms with van der Waals surface area (Å²) in [5, 5.41) is 9.69. The summed E-state index contributed by atoms with van der Waals surface area (Å²) in [6.45, 7) is 9.04. The lowest BCUT2D eigenvalue weighted by atomic mass is 9.86. The first kappa shape index (κ1) is 18.0. The number of halogens is 2. The highest BCUT2D eigenvalue weighted by Crippen LogP contribution is 2.28. The molecule has 1 aromatic carbocycles. The summed E-state index contributed by atoms with van der Waals surface area (Å²) in [5.74, 6) is 0.208. The Morgan fingerprint density at radius 3 is 2.25 bits per heavy atom. The van der Waals surface area contributed by atoms with Crippen LogP contribution in [0.4, 0.5) is 0 Å². The minimum atomic E-state index is -0.332. The monoisotopic (exact) mass is 502 g/mol. The van der Waals surface area contributed by atoms with E-state index in [1.165, 1.54) is 0 Å². The Balaban J connectivity index is 2.64. The van der Waals surface area contributed by atoms with Gasteiger partial charge in [-0.15, -0.1) is 0 Å². The number of carbonyl (C=O) groups is 1. The molecule has 1 unspecified atom stereocenters. The lowest BCUT2D eigenvalue weighted by molar-refractivity contribution is 0.0420. The van der Waals surface area contributed by atoms with E-state index in [1.807, 2.05) is 45.2 Å². The van der Waals surface area contributed by atoms with Crippen LogP contribution in [0.1, 0.15) is 44.5 Å². The Bertz CT molecular complexity index is 469. The topological polar surface area (TPSA) is 46.5 Å². The molecule has 0 bridgehead atoms. The molecule has 0 aromatic heterocycles. The molecule has 0 radical (unpaired) electrons. The molecule has 5 heteroatoms. The van der Waals surface area contributed by atoms with Crippen molar-refractivity contribution in [3.05, 3.63) is 24.8 Å². The van der Waals surface area contributed by atoms with Crippen LogP contribution in [0.5, 0.6) is 5.75 Å². The largest absolute Gasteiger partial charge is 0.506 e. The molecule has 0 saturated heterocycles. The van der Waals surface area contributed by atoms with Crippen molar-refractivity contribution in [2.75, 3.05) is 6.61 Å². The normalized spacial score (nSPS) is 13.1. The van der Waals surface area contributed by atoms with Crippen LogP contribution >= 0.6 is 45.2 Å². The third-order valence-corrected chi connectivity index (χ3v) is 4.36. The van der Waals surface area contributed by atoms with Crippen molar-refractivity contribution >= 4 is 51.2 Å². The van der Waals surface area contributed by atoms with Gasteiger partial charge >= 0.3 is 5.97 Å². The molecule has 1 rings (SSSR count). The smallest absolute Gasteiger partial charge is 0.338 e. The molecule has 0 aliphatic carbocycles. The number of aromatic hydroxyl groups is 1. The van der Waals surface area contributed by atoms with Crippen molar-refractivity contribution in [1.82, 2.24) is 0 Å². The fourth-order valence-electron chi connectivity index (χ4n) is 2.09. The van der Waals surface area contributed by atoms with E-state index >= 15 is 0 Å². The summed E-state index contributed by atoms with van der Waals surface area (Å²) in [5.41, 5.74) is 0.717. The average molecular weight is 502 g/mol. The van der Waals surface area contributed by atoms with E-state index in [4.69, 9.17) is 4.74 Å². The Labute approximate surface area is 147 Å². The van der Waals surface area contributed by atoms with Crippen LogP contribution in [0.15, 0.2) is 12.1 Å². The van der Waals surface area contributed by atoms with Gasteiger partial charge in [-0.25, -0.2) is 4.79 Å². The predicted molar refractivity (Wildman–Crippen MR) is 97.1 cm³/mol. The first-order valence-corrected chi connectivity index (χ1v) is 8.61. The molecular weight excluding hydrogens is 482 g/mol. The van der Waals surface area contributed by atoms with Gasteiger partial charge in [-0.3, -0.25) is 0 Å². The summed E-state index contributed by atoms with van der Waals surface area (Å²) in [6, 6.07) is 3.30. The predicted octanol–water partition coefficient (Wildman–Crippen LogP) is 4.83. The van der Waals surface area contributed by atoms with Gasteiger partial charge in [0.25, 0.3) is 0 Å².